The molecule has 3 heterocycles. The van der Waals surface area contributed by atoms with Crippen LogP contribution in [-0.4, -0.2) is 70.4 Å². The molecule has 0 unspecified atom stereocenters. The molecule has 20 heteroatoms. The van der Waals surface area contributed by atoms with Crippen LogP contribution >= 0.6 is 35.3 Å². The highest BCUT2D eigenvalue weighted by atomic mass is 32.2. The van der Waals surface area contributed by atoms with Crippen molar-refractivity contribution in [3.05, 3.63) is 202 Å². The number of amides is 3. The van der Waals surface area contributed by atoms with E-state index in [0.29, 0.717) is 56.7 Å². The minimum Gasteiger partial charge on any atom is -0.495 e. The molecule has 0 bridgehead atoms. The van der Waals surface area contributed by atoms with Gasteiger partial charge in [0.05, 0.1) is 12.8 Å². The van der Waals surface area contributed by atoms with Gasteiger partial charge < -0.3 is 26.4 Å². The third kappa shape index (κ3) is 15.7. The van der Waals surface area contributed by atoms with Crippen LogP contribution in [0.5, 0.6) is 5.75 Å². The predicted molar refractivity (Wildman–Crippen MR) is 302 cm³/mol. The monoisotopic (exact) mass is 1070 g/mol. The zero-order valence-electron chi connectivity index (χ0n) is 42.3. The first kappa shape index (κ1) is 54.1. The number of para-hydroxylation sites is 2. The van der Waals surface area contributed by atoms with Crippen molar-refractivity contribution >= 4 is 76.0 Å². The maximum absolute atomic E-state index is 12.6. The summed E-state index contributed by atoms with van der Waals surface area (Å²) in [6.07, 6.45) is 6.39. The third-order valence-corrected chi connectivity index (χ3v) is 14.6. The van der Waals surface area contributed by atoms with Crippen LogP contribution in [-0.2, 0) is 30.1 Å². The molecule has 8 N–H and O–H groups in total. The second-order valence-corrected chi connectivity index (χ2v) is 20.5. The Bertz CT molecular complexity index is 3370. The van der Waals surface area contributed by atoms with E-state index in [1.807, 2.05) is 97.1 Å². The molecule has 0 atom stereocenters. The van der Waals surface area contributed by atoms with Gasteiger partial charge in [-0.2, -0.15) is 15.2 Å². The summed E-state index contributed by atoms with van der Waals surface area (Å²) in [4.78, 5) is 49.8. The molecule has 0 spiro atoms. The van der Waals surface area contributed by atoms with E-state index in [4.69, 9.17) is 10.5 Å². The number of rotatable bonds is 17. The number of nitrogens with one attached hydrogen (secondary N) is 6. The number of benzene rings is 6. The first-order valence-corrected chi connectivity index (χ1v) is 27.2. The molecule has 1 aliphatic carbocycles. The number of carbonyl (C=O) groups excluding carboxylic acids is 3. The maximum atomic E-state index is 12.6. The maximum Gasteiger partial charge on any atom is 0.255 e. The second kappa shape index (κ2) is 26.8. The summed E-state index contributed by atoms with van der Waals surface area (Å²) in [5.41, 5.74) is 18.1. The van der Waals surface area contributed by atoms with Crippen LogP contribution < -0.4 is 26.4 Å². The molecule has 17 nitrogen and oxygen atoms in total. The summed E-state index contributed by atoms with van der Waals surface area (Å²) in [6.45, 7) is 6.41. The number of anilines is 4. The number of ether oxygens (including phenoxy) is 1. The standard InChI is InChI=1S/C20H22N4OS.C19H19N5OS.C17H16N4O2S/c1-13(2)18-8-7-17(9-14(18)3)23-19(25)16-6-4-5-15(10-16)11-26-20-21-12-22-24-20;20-18-22-19(24-23-18)26-11-12-3-1-6-15(9-12)17(25)21-16-8-7-13-4-2-5-14(13)10-16;1-23-15-8-3-2-7-14(15)20-16(22)13-6-4-5-12(9-13)10-24-17-18-11-19-21-17/h4-10,12-13H,11H2,1-3H3,(H,23,25)(H,21,22,24);1,3,6-10H,2,4-5,11H2,(H,21,25)(H3,20,22,23,24);2-9,11H,10H2,1H3,(H,20,22)(H,18,19,21). The lowest BCUT2D eigenvalue weighted by molar-refractivity contribution is 0.101. The zero-order valence-corrected chi connectivity index (χ0v) is 44.7. The van der Waals surface area contributed by atoms with Crippen molar-refractivity contribution < 1.29 is 19.1 Å². The third-order valence-electron chi connectivity index (χ3n) is 11.8. The fraction of sp³-hybridized carbons (Fsp3) is 0.196. The number of H-pyrrole nitrogens is 3. The molecule has 0 saturated heterocycles. The number of methoxy groups -OCH3 is 1. The van der Waals surface area contributed by atoms with E-state index in [9.17, 15) is 14.4 Å². The molecular formula is C56H57N13O4S3. The number of aromatic nitrogens is 9. The molecule has 0 fully saturated rings. The number of carbonyl (C=O) groups is 3. The molecule has 0 radical (unpaired) electrons. The van der Waals surface area contributed by atoms with Gasteiger partial charge in [0, 0.05) is 45.3 Å². The van der Waals surface area contributed by atoms with Crippen LogP contribution in [0.1, 0.15) is 96.2 Å². The molecule has 1 aliphatic rings. The quantitative estimate of drug-likeness (QED) is 0.0419. The Morgan fingerprint density at radius 2 is 1.16 bits per heavy atom. The molecule has 9 aromatic rings. The average molecular weight is 1070 g/mol. The number of hydrogen-bond donors (Lipinski definition) is 7. The molecular weight excluding hydrogens is 1010 g/mol. The molecule has 76 heavy (non-hydrogen) atoms. The van der Waals surface area contributed by atoms with E-state index in [-0.39, 0.29) is 17.7 Å². The van der Waals surface area contributed by atoms with Crippen LogP contribution in [0, 0.1) is 6.92 Å². The second-order valence-electron chi connectivity index (χ2n) is 17.7. The minimum absolute atomic E-state index is 0.100. The number of thioether (sulfide) groups is 3. The van der Waals surface area contributed by atoms with E-state index >= 15 is 0 Å². The highest BCUT2D eigenvalue weighted by Gasteiger charge is 2.15. The van der Waals surface area contributed by atoms with Crippen molar-refractivity contribution in [1.29, 1.82) is 0 Å². The van der Waals surface area contributed by atoms with Gasteiger partial charge in [-0.25, -0.2) is 15.1 Å². The average Bonchev–Trinajstić information content (AvgIpc) is 4.30. The molecule has 0 saturated carbocycles. The molecule has 0 aliphatic heterocycles. The van der Waals surface area contributed by atoms with Crippen molar-refractivity contribution in [2.24, 2.45) is 0 Å². The van der Waals surface area contributed by atoms with Gasteiger partial charge in [-0.15, -0.1) is 5.10 Å². The van der Waals surface area contributed by atoms with Gasteiger partial charge in [0.2, 0.25) is 11.1 Å². The minimum atomic E-state index is -0.175. The van der Waals surface area contributed by atoms with Crippen molar-refractivity contribution in [3.63, 3.8) is 0 Å². The fourth-order valence-electron chi connectivity index (χ4n) is 8.11. The van der Waals surface area contributed by atoms with Gasteiger partial charge >= 0.3 is 0 Å². The van der Waals surface area contributed by atoms with Gasteiger partial charge in [-0.3, -0.25) is 24.6 Å². The van der Waals surface area contributed by atoms with Gasteiger partial charge in [0.15, 0.2) is 10.3 Å². The Kier molecular flexibility index (Phi) is 19.1. The lowest BCUT2D eigenvalue weighted by atomic mass is 9.97. The summed E-state index contributed by atoms with van der Waals surface area (Å²) in [5, 5.41) is 30.8. The van der Waals surface area contributed by atoms with Crippen molar-refractivity contribution in [2.45, 2.75) is 78.7 Å². The number of nitrogens with two attached hydrogens (primary N) is 1. The Morgan fingerprint density at radius 3 is 1.68 bits per heavy atom. The van der Waals surface area contributed by atoms with Crippen molar-refractivity contribution in [3.8, 4) is 5.75 Å². The topological polar surface area (TPSA) is 247 Å². The van der Waals surface area contributed by atoms with E-state index < -0.39 is 0 Å². The summed E-state index contributed by atoms with van der Waals surface area (Å²) < 4.78 is 5.25. The number of aromatic amines is 3. The first-order chi connectivity index (χ1) is 37.0. The highest BCUT2D eigenvalue weighted by molar-refractivity contribution is 7.98. The number of nitrogens with zero attached hydrogens (tertiary/aromatic N) is 6. The SMILES string of the molecule is COc1ccccc1NC(=O)c1cccc(CSc2ncn[nH]2)c1.Cc1cc(NC(=O)c2cccc(CSc3ncn[nH]3)c2)ccc1C(C)C.Nc1nc(SCc2cccc(C(=O)Nc3ccc4c(c3)CCC4)c2)n[nH]1. The zero-order chi connectivity index (χ0) is 53.2. The van der Waals surface area contributed by atoms with E-state index in [0.717, 1.165) is 57.0 Å². The van der Waals surface area contributed by atoms with Crippen molar-refractivity contribution in [2.75, 3.05) is 28.8 Å². The first-order valence-electron chi connectivity index (χ1n) is 24.3. The largest absolute Gasteiger partial charge is 0.495 e. The Morgan fingerprint density at radius 1 is 0.618 bits per heavy atom. The fourth-order valence-corrected chi connectivity index (χ4v) is 10.3. The predicted octanol–water partition coefficient (Wildman–Crippen LogP) is 11.6. The lowest BCUT2D eigenvalue weighted by Gasteiger charge is -2.12. The Balaban J connectivity index is 0.000000151. The Hall–Kier alpha value is -8.20. The molecule has 3 aromatic heterocycles. The van der Waals surface area contributed by atoms with Crippen LogP contribution in [0.15, 0.2) is 162 Å². The molecule has 10 rings (SSSR count). The number of nitrogen functional groups attached to an aromatic ring is 1. The number of fused-ring (bicyclic) bond motifs is 1. The smallest absolute Gasteiger partial charge is 0.255 e. The van der Waals surface area contributed by atoms with Crippen LogP contribution in [0.3, 0.4) is 0 Å². The van der Waals surface area contributed by atoms with Gasteiger partial charge in [-0.1, -0.05) is 110 Å². The van der Waals surface area contributed by atoms with Crippen LogP contribution in [0.25, 0.3) is 0 Å². The van der Waals surface area contributed by atoms with E-state index in [1.165, 1.54) is 64.9 Å². The number of aryl methyl sites for hydroxylation is 3. The van der Waals surface area contributed by atoms with Gasteiger partial charge in [0.25, 0.3) is 17.7 Å². The normalized spacial score (nSPS) is 11.4. The van der Waals surface area contributed by atoms with Crippen molar-refractivity contribution in [1.82, 2.24) is 45.5 Å². The lowest BCUT2D eigenvalue weighted by Crippen LogP contribution is -2.12. The van der Waals surface area contributed by atoms with Crippen LogP contribution in [0.2, 0.25) is 0 Å². The number of hydrogen-bond acceptors (Lipinski definition) is 14. The highest BCUT2D eigenvalue weighted by Crippen LogP contribution is 2.28. The Labute approximate surface area is 453 Å². The molecule has 6 aromatic carbocycles. The van der Waals surface area contributed by atoms with Gasteiger partial charge in [-0.05, 0) is 144 Å². The summed E-state index contributed by atoms with van der Waals surface area (Å²) in [6, 6.07) is 42.3. The van der Waals surface area contributed by atoms with Crippen LogP contribution in [0.4, 0.5) is 23.0 Å². The van der Waals surface area contributed by atoms with E-state index in [1.54, 1.807) is 37.1 Å². The molecule has 388 valence electrons. The van der Waals surface area contributed by atoms with Gasteiger partial charge in [0.1, 0.15) is 18.4 Å². The summed E-state index contributed by atoms with van der Waals surface area (Å²) in [5.74, 6) is 3.10. The summed E-state index contributed by atoms with van der Waals surface area (Å²) >= 11 is 4.55. The van der Waals surface area contributed by atoms with E-state index in [2.05, 4.69) is 100 Å². The molecule has 3 amide bonds. The summed E-state index contributed by atoms with van der Waals surface area (Å²) in [7, 11) is 1.58.